The van der Waals surface area contributed by atoms with Gasteiger partial charge in [-0.15, -0.1) is 0 Å². The lowest BCUT2D eigenvalue weighted by atomic mass is 9.85. The molecule has 0 atom stereocenters. The maximum absolute atomic E-state index is 12.5. The van der Waals surface area contributed by atoms with Gasteiger partial charge in [0, 0.05) is 107 Å². The average Bonchev–Trinajstić information content (AvgIpc) is 1.33. The van der Waals surface area contributed by atoms with Gasteiger partial charge in [0.1, 0.15) is 0 Å². The van der Waals surface area contributed by atoms with Gasteiger partial charge in [-0.3, -0.25) is 29.9 Å². The Bertz CT molecular complexity index is 4720. The number of allylic oxidation sites excluding steroid dienone is 3. The lowest BCUT2D eigenvalue weighted by molar-refractivity contribution is -0.385. The molecule has 6 fully saturated rings. The van der Waals surface area contributed by atoms with Crippen LogP contribution in [0.5, 0.6) is 0 Å². The molecule has 0 unspecified atom stereocenters. The molecular weight excluding hydrogens is 1400 g/mol. The van der Waals surface area contributed by atoms with Gasteiger partial charge in [-0.05, 0) is 271 Å². The lowest BCUT2D eigenvalue weighted by Gasteiger charge is -2.32. The molecule has 111 heavy (non-hydrogen) atoms. The first kappa shape index (κ1) is 79.4. The third-order valence-electron chi connectivity index (χ3n) is 23.3. The normalized spacial score (nSPS) is 17.5. The molecule has 9 aromatic rings. The summed E-state index contributed by atoms with van der Waals surface area (Å²) in [6.07, 6.45) is 17.5. The van der Waals surface area contributed by atoms with Crippen LogP contribution < -0.4 is 9.62 Å². The van der Waals surface area contributed by atoms with Gasteiger partial charge in [-0.25, -0.2) is 8.42 Å². The van der Waals surface area contributed by atoms with E-state index in [1.807, 2.05) is 91.0 Å². The second kappa shape index (κ2) is 38.0. The zero-order chi connectivity index (χ0) is 77.1. The van der Waals surface area contributed by atoms with Gasteiger partial charge in [0.2, 0.25) is 10.0 Å². The van der Waals surface area contributed by atoms with E-state index in [0.717, 1.165) is 149 Å². The van der Waals surface area contributed by atoms with Crippen molar-refractivity contribution in [3.8, 4) is 0 Å². The third kappa shape index (κ3) is 20.9. The van der Waals surface area contributed by atoms with Gasteiger partial charge in [-0.1, -0.05) is 177 Å². The number of nitro benzene ring substituents is 2. The maximum atomic E-state index is 12.5. The summed E-state index contributed by atoms with van der Waals surface area (Å²) in [6.45, 7) is 10.3. The number of likely N-dealkylation sites (tertiary alicyclic amines) is 1. The summed E-state index contributed by atoms with van der Waals surface area (Å²) in [5, 5.41) is 51.2. The van der Waals surface area contributed by atoms with E-state index >= 15 is 0 Å². The minimum absolute atomic E-state index is 0.0762. The Morgan fingerprint density at radius 3 is 1.24 bits per heavy atom. The van der Waals surface area contributed by atoms with E-state index < -0.39 is 10.0 Å². The number of aliphatic hydroxyl groups excluding tert-OH is 3. The Hall–Kier alpha value is -9.69. The Labute approximate surface area is 655 Å². The molecule has 3 saturated carbocycles. The minimum Gasteiger partial charge on any atom is -0.396 e. The lowest BCUT2D eigenvalue weighted by Crippen LogP contribution is -2.43. The number of aliphatic hydroxyl groups is 3. The number of hydrogen-bond acceptors (Lipinski definition) is 13. The fourth-order valence-electron chi connectivity index (χ4n) is 16.8. The SMILES string of the molecule is CN1CCN(Cc2ccc(/C(=C(/CCCO)c3ccccc3)c3ccc([N+](=O)[O-])cc3)cc2)CC1.O=S(=O)(Nc1ccc(/C(=C(\CCCO)c2ccccc2)c2ccc(C3CCN(C4CC4)CC3)cc2)cc1)C1CC1.O=[N+]([O-])c1ccc(/C(=C(\CCCO)c2ccccc2)c2ccc(N3CCC4(CCCC4)C3)cc2)cc1. The van der Waals surface area contributed by atoms with Crippen molar-refractivity contribution >= 4 is 66.2 Å². The maximum Gasteiger partial charge on any atom is 0.269 e. The highest BCUT2D eigenvalue weighted by molar-refractivity contribution is 7.93. The summed E-state index contributed by atoms with van der Waals surface area (Å²) >= 11 is 0. The fraction of sp³-hybridized carbons (Fsp3) is 0.362. The molecule has 3 aliphatic heterocycles. The standard InChI is InChI=1S/C34H40N2O3S.C31H34N2O3.C29H33N3O3/c37-24-4-7-33(27-5-2-1-3-6-27)34(29-12-14-30(15-13-29)35-40(38,39)32-18-19-32)28-10-8-25(9-11-28)26-20-22-36(23-21-26)31-16-17-31;34-22-6-9-29(24-7-2-1-3-8-24)30(26-12-16-28(17-13-26)33(35)36)25-10-14-27(15-11-25)32-21-20-31(23-32)18-4-5-19-31;1-30-17-19-31(20-18-30)22-23-9-11-25(12-10-23)29(26-13-15-27(16-14-26)32(34)35)28(8-5-21-33)24-6-3-2-4-7-24/h1-3,5-6,8-15,26,31-32,35,37H,4,7,16-24H2;1-3,7-8,10-17,34H,4-6,9,18-23H2;2-4,6-7,9-16,33H,5,8,17-22H2,1H3/b34-33+;30-29+;29-28+. The molecular formula is C94H107N7O9S. The van der Waals surface area contributed by atoms with Crippen LogP contribution in [-0.4, -0.2) is 139 Å². The zero-order valence-corrected chi connectivity index (χ0v) is 65.0. The molecule has 0 bridgehead atoms. The summed E-state index contributed by atoms with van der Waals surface area (Å²) in [4.78, 5) is 31.8. The van der Waals surface area contributed by atoms with Crippen LogP contribution in [0.1, 0.15) is 176 Å². The highest BCUT2D eigenvalue weighted by atomic mass is 32.2. The number of non-ortho nitro benzene ring substituents is 2. The van der Waals surface area contributed by atoms with Crippen molar-refractivity contribution in [2.45, 2.75) is 133 Å². The number of nitro groups is 2. The predicted octanol–water partition coefficient (Wildman–Crippen LogP) is 18.8. The molecule has 1 spiro atoms. The van der Waals surface area contributed by atoms with Gasteiger partial charge < -0.3 is 30.0 Å². The Morgan fingerprint density at radius 1 is 0.450 bits per heavy atom. The summed E-state index contributed by atoms with van der Waals surface area (Å²) in [5.41, 5.74) is 21.5. The molecule has 0 amide bonds. The summed E-state index contributed by atoms with van der Waals surface area (Å²) in [6, 6.07) is 79.7. The van der Waals surface area contributed by atoms with E-state index in [-0.39, 0.29) is 46.3 Å². The van der Waals surface area contributed by atoms with Crippen molar-refractivity contribution in [1.82, 2.24) is 14.7 Å². The van der Waals surface area contributed by atoms with Gasteiger partial charge >= 0.3 is 0 Å². The summed E-state index contributed by atoms with van der Waals surface area (Å²) < 4.78 is 27.7. The van der Waals surface area contributed by atoms with Crippen LogP contribution >= 0.6 is 0 Å². The number of likely N-dealkylation sites (N-methyl/N-ethyl adjacent to an activating group) is 1. The van der Waals surface area contributed by atoms with Crippen LogP contribution in [0, 0.1) is 25.6 Å². The van der Waals surface area contributed by atoms with Gasteiger partial charge in [0.05, 0.1) is 15.1 Å². The molecule has 6 aliphatic rings. The van der Waals surface area contributed by atoms with Crippen molar-refractivity contribution < 1.29 is 33.6 Å². The second-order valence-corrected chi connectivity index (χ2v) is 33.0. The van der Waals surface area contributed by atoms with E-state index in [1.54, 1.807) is 24.3 Å². The molecule has 15 rings (SSSR count). The van der Waals surface area contributed by atoms with E-state index in [4.69, 9.17) is 0 Å². The number of nitrogens with zero attached hydrogens (tertiary/aromatic N) is 6. The predicted molar refractivity (Wildman–Crippen MR) is 451 cm³/mol. The monoisotopic (exact) mass is 1510 g/mol. The van der Waals surface area contributed by atoms with E-state index in [0.29, 0.717) is 49.1 Å². The first-order valence-corrected chi connectivity index (χ1v) is 41.7. The molecule has 578 valence electrons. The van der Waals surface area contributed by atoms with Crippen molar-refractivity contribution in [2.24, 2.45) is 5.41 Å². The smallest absolute Gasteiger partial charge is 0.269 e. The molecule has 3 heterocycles. The largest absolute Gasteiger partial charge is 0.396 e. The van der Waals surface area contributed by atoms with Gasteiger partial charge in [0.25, 0.3) is 11.4 Å². The molecule has 3 saturated heterocycles. The van der Waals surface area contributed by atoms with Crippen LogP contribution in [0.4, 0.5) is 22.7 Å². The number of piperazine rings is 1. The van der Waals surface area contributed by atoms with Crippen LogP contribution in [0.2, 0.25) is 0 Å². The number of hydrogen-bond donors (Lipinski definition) is 4. The highest BCUT2D eigenvalue weighted by Gasteiger charge is 2.41. The van der Waals surface area contributed by atoms with Crippen LogP contribution in [0.25, 0.3) is 33.4 Å². The number of anilines is 2. The van der Waals surface area contributed by atoms with E-state index in [9.17, 15) is 44.0 Å². The number of sulfonamides is 1. The van der Waals surface area contributed by atoms with Crippen molar-refractivity contribution in [2.75, 3.05) is 88.8 Å². The van der Waals surface area contributed by atoms with Gasteiger partial charge in [-0.2, -0.15) is 0 Å². The van der Waals surface area contributed by atoms with Crippen molar-refractivity contribution in [3.05, 3.63) is 318 Å². The van der Waals surface area contributed by atoms with Crippen LogP contribution in [0.3, 0.4) is 0 Å². The number of rotatable bonds is 28. The van der Waals surface area contributed by atoms with E-state index in [1.165, 1.54) is 93.3 Å². The fourth-order valence-corrected chi connectivity index (χ4v) is 18.2. The quantitative estimate of drug-likeness (QED) is 0.0205. The minimum atomic E-state index is -3.31. The number of piperidine rings is 1. The Morgan fingerprint density at radius 2 is 0.847 bits per heavy atom. The van der Waals surface area contributed by atoms with Crippen LogP contribution in [-0.2, 0) is 16.6 Å². The molecule has 3 aliphatic carbocycles. The Kier molecular flexibility index (Phi) is 27.2. The highest BCUT2D eigenvalue weighted by Crippen LogP contribution is 2.48. The molecule has 16 nitrogen and oxygen atoms in total. The third-order valence-corrected chi connectivity index (χ3v) is 25.2. The molecule has 9 aromatic carbocycles. The van der Waals surface area contributed by atoms with Crippen LogP contribution in [0.15, 0.2) is 237 Å². The zero-order valence-electron chi connectivity index (χ0n) is 64.1. The first-order chi connectivity index (χ1) is 54.1. The van der Waals surface area contributed by atoms with Crippen molar-refractivity contribution in [3.63, 3.8) is 0 Å². The van der Waals surface area contributed by atoms with Crippen molar-refractivity contribution in [1.29, 1.82) is 0 Å². The van der Waals surface area contributed by atoms with E-state index in [2.05, 4.69) is 153 Å². The molecule has 0 radical (unpaired) electrons. The molecule has 4 N–H and O–H groups in total. The van der Waals surface area contributed by atoms with Gasteiger partial charge in [0.15, 0.2) is 0 Å². The Balaban J connectivity index is 0.000000146. The molecule has 17 heteroatoms. The second-order valence-electron chi connectivity index (χ2n) is 31.0. The summed E-state index contributed by atoms with van der Waals surface area (Å²) in [5.74, 6) is 0.609. The number of nitrogens with one attached hydrogen (secondary N) is 1. The summed E-state index contributed by atoms with van der Waals surface area (Å²) in [7, 11) is -1.14. The average molecular weight is 1510 g/mol. The number of benzene rings is 9. The molecule has 0 aromatic heterocycles. The topological polar surface area (TPSA) is 206 Å². The first-order valence-electron chi connectivity index (χ1n) is 40.2.